The molecule has 112 valence electrons. The summed E-state index contributed by atoms with van der Waals surface area (Å²) in [6.07, 6.45) is 2.69. The number of aryl methyl sites for hydroxylation is 1. The smallest absolute Gasteiger partial charge is 0.0897 e. The summed E-state index contributed by atoms with van der Waals surface area (Å²) in [7, 11) is 2.15. The highest BCUT2D eigenvalue weighted by Crippen LogP contribution is 2.19. The first-order valence-corrected chi connectivity index (χ1v) is 8.48. The van der Waals surface area contributed by atoms with Crippen molar-refractivity contribution in [2.75, 3.05) is 7.05 Å². The summed E-state index contributed by atoms with van der Waals surface area (Å²) in [5.74, 6) is 0. The van der Waals surface area contributed by atoms with Crippen LogP contribution in [0.2, 0.25) is 0 Å². The monoisotopic (exact) mass is 301 g/mol. The topological polar surface area (TPSA) is 28.2 Å². The molecule has 1 aromatic carbocycles. The summed E-state index contributed by atoms with van der Waals surface area (Å²) < 4.78 is 0. The zero-order chi connectivity index (χ0) is 14.7. The van der Waals surface area contributed by atoms with Crippen LogP contribution < -0.4 is 5.32 Å². The lowest BCUT2D eigenvalue weighted by molar-refractivity contribution is 0.315. The minimum atomic E-state index is 0.775. The van der Waals surface area contributed by atoms with Gasteiger partial charge in [-0.15, -0.1) is 11.3 Å². The summed E-state index contributed by atoms with van der Waals surface area (Å²) in [6.45, 7) is 4.93. The van der Waals surface area contributed by atoms with Crippen molar-refractivity contribution in [3.8, 4) is 0 Å². The summed E-state index contributed by atoms with van der Waals surface area (Å²) in [4.78, 5) is 6.83. The molecule has 2 aromatic rings. The van der Waals surface area contributed by atoms with E-state index < -0.39 is 0 Å². The average molecular weight is 301 g/mol. The number of rotatable bonds is 7. The molecule has 0 radical (unpaired) electrons. The van der Waals surface area contributed by atoms with E-state index in [9.17, 15) is 0 Å². The molecule has 1 N–H and O–H groups in total. The zero-order valence-electron chi connectivity index (χ0n) is 12.8. The van der Waals surface area contributed by atoms with Crippen LogP contribution in [0.5, 0.6) is 0 Å². The zero-order valence-corrected chi connectivity index (χ0v) is 13.6. The van der Waals surface area contributed by atoms with Crippen molar-refractivity contribution < 1.29 is 0 Å². The van der Waals surface area contributed by atoms with E-state index in [1.165, 1.54) is 29.7 Å². The second-order valence-electron chi connectivity index (χ2n) is 6.00. The Hall–Kier alpha value is -1.23. The van der Waals surface area contributed by atoms with Gasteiger partial charge in [0.25, 0.3) is 0 Å². The highest BCUT2D eigenvalue weighted by molar-refractivity contribution is 7.09. The number of thiazole rings is 1. The molecular formula is C17H23N3S. The van der Waals surface area contributed by atoms with E-state index in [4.69, 9.17) is 0 Å². The van der Waals surface area contributed by atoms with E-state index in [1.54, 1.807) is 11.3 Å². The lowest BCUT2D eigenvalue weighted by Crippen LogP contribution is -2.18. The summed E-state index contributed by atoms with van der Waals surface area (Å²) in [6, 6.07) is 9.74. The van der Waals surface area contributed by atoms with Gasteiger partial charge in [0.2, 0.25) is 0 Å². The lowest BCUT2D eigenvalue weighted by Gasteiger charge is -2.15. The van der Waals surface area contributed by atoms with Crippen LogP contribution in [0.25, 0.3) is 0 Å². The number of nitrogens with zero attached hydrogens (tertiary/aromatic N) is 2. The van der Waals surface area contributed by atoms with Crippen molar-refractivity contribution in [3.63, 3.8) is 0 Å². The van der Waals surface area contributed by atoms with Crippen molar-refractivity contribution in [3.05, 3.63) is 51.5 Å². The highest BCUT2D eigenvalue weighted by atomic mass is 32.1. The lowest BCUT2D eigenvalue weighted by atomic mass is 10.1. The van der Waals surface area contributed by atoms with Crippen molar-refractivity contribution in [1.29, 1.82) is 0 Å². The van der Waals surface area contributed by atoms with Crippen molar-refractivity contribution >= 4 is 11.3 Å². The molecule has 1 aromatic heterocycles. The van der Waals surface area contributed by atoms with Crippen LogP contribution in [0, 0.1) is 6.92 Å². The van der Waals surface area contributed by atoms with Gasteiger partial charge >= 0.3 is 0 Å². The first kappa shape index (κ1) is 14.7. The molecule has 1 saturated carbocycles. The summed E-state index contributed by atoms with van der Waals surface area (Å²) in [5.41, 5.74) is 3.91. The van der Waals surface area contributed by atoms with Gasteiger partial charge in [0.15, 0.2) is 0 Å². The van der Waals surface area contributed by atoms with Gasteiger partial charge in [0.1, 0.15) is 0 Å². The molecule has 1 aliphatic rings. The van der Waals surface area contributed by atoms with Crippen LogP contribution in [0.3, 0.4) is 0 Å². The molecule has 4 heteroatoms. The van der Waals surface area contributed by atoms with Gasteiger partial charge < -0.3 is 5.32 Å². The molecule has 1 aliphatic carbocycles. The molecule has 0 unspecified atom stereocenters. The fraction of sp³-hybridized carbons (Fsp3) is 0.471. The Bertz CT molecular complexity index is 572. The van der Waals surface area contributed by atoms with Crippen molar-refractivity contribution in [1.82, 2.24) is 15.2 Å². The third-order valence-corrected chi connectivity index (χ3v) is 4.57. The Morgan fingerprint density at radius 1 is 1.19 bits per heavy atom. The molecule has 3 nitrogen and oxygen atoms in total. The maximum absolute atomic E-state index is 4.52. The quantitative estimate of drug-likeness (QED) is 0.850. The molecule has 1 heterocycles. The third-order valence-electron chi connectivity index (χ3n) is 3.75. The van der Waals surface area contributed by atoms with E-state index in [1.807, 2.05) is 0 Å². The molecule has 0 bridgehead atoms. The van der Waals surface area contributed by atoms with E-state index >= 15 is 0 Å². The number of hydrogen-bond donors (Lipinski definition) is 1. The summed E-state index contributed by atoms with van der Waals surface area (Å²) in [5, 5.41) is 6.85. The van der Waals surface area contributed by atoms with E-state index in [-0.39, 0.29) is 0 Å². The van der Waals surface area contributed by atoms with Crippen LogP contribution >= 0.6 is 11.3 Å². The standard InChI is InChI=1S/C17H23N3S/c1-13-19-17(12-21-13)11-20(2)10-15-5-3-14(4-6-15)9-18-16-7-8-16/h3-6,12,16,18H,7-11H2,1-2H3. The Balaban J connectivity index is 1.49. The molecular weight excluding hydrogens is 278 g/mol. The number of hydrogen-bond acceptors (Lipinski definition) is 4. The molecule has 3 rings (SSSR count). The third kappa shape index (κ3) is 4.63. The molecule has 0 saturated heterocycles. The summed E-state index contributed by atoms with van der Waals surface area (Å²) >= 11 is 1.72. The minimum absolute atomic E-state index is 0.775. The van der Waals surface area contributed by atoms with Gasteiger partial charge in [0.05, 0.1) is 10.7 Å². The molecule has 21 heavy (non-hydrogen) atoms. The first-order chi connectivity index (χ1) is 10.2. The number of nitrogens with one attached hydrogen (secondary N) is 1. The van der Waals surface area contributed by atoms with Crippen LogP contribution in [-0.4, -0.2) is 23.0 Å². The highest BCUT2D eigenvalue weighted by Gasteiger charge is 2.19. The first-order valence-electron chi connectivity index (χ1n) is 7.60. The predicted molar refractivity (Wildman–Crippen MR) is 88.3 cm³/mol. The van der Waals surface area contributed by atoms with Crippen molar-refractivity contribution in [2.24, 2.45) is 0 Å². The maximum Gasteiger partial charge on any atom is 0.0897 e. The van der Waals surface area contributed by atoms with Crippen LogP contribution in [0.15, 0.2) is 29.6 Å². The molecule has 1 fully saturated rings. The molecule has 0 aliphatic heterocycles. The van der Waals surface area contributed by atoms with Gasteiger partial charge in [0, 0.05) is 31.1 Å². The molecule has 0 amide bonds. The Morgan fingerprint density at radius 2 is 1.90 bits per heavy atom. The second kappa shape index (κ2) is 6.69. The van der Waals surface area contributed by atoms with E-state index in [2.05, 4.69) is 58.8 Å². The van der Waals surface area contributed by atoms with Gasteiger partial charge in [-0.05, 0) is 37.9 Å². The Kier molecular flexibility index (Phi) is 4.68. The minimum Gasteiger partial charge on any atom is -0.310 e. The van der Waals surface area contributed by atoms with Gasteiger partial charge in [-0.1, -0.05) is 24.3 Å². The average Bonchev–Trinajstić information content (AvgIpc) is 3.21. The fourth-order valence-corrected chi connectivity index (χ4v) is 3.04. The Labute approximate surface area is 131 Å². The van der Waals surface area contributed by atoms with Crippen molar-refractivity contribution in [2.45, 2.75) is 45.4 Å². The fourth-order valence-electron chi connectivity index (χ4n) is 2.44. The van der Waals surface area contributed by atoms with E-state index in [0.29, 0.717) is 0 Å². The normalized spacial score (nSPS) is 14.8. The van der Waals surface area contributed by atoms with Gasteiger partial charge in [-0.2, -0.15) is 0 Å². The van der Waals surface area contributed by atoms with E-state index in [0.717, 1.165) is 30.7 Å². The number of aromatic nitrogens is 1. The van der Waals surface area contributed by atoms with Gasteiger partial charge in [-0.3, -0.25) is 4.90 Å². The second-order valence-corrected chi connectivity index (χ2v) is 7.06. The number of benzene rings is 1. The Morgan fingerprint density at radius 3 is 2.52 bits per heavy atom. The maximum atomic E-state index is 4.52. The molecule has 0 atom stereocenters. The van der Waals surface area contributed by atoms with Crippen LogP contribution in [0.1, 0.15) is 34.7 Å². The predicted octanol–water partition coefficient (Wildman–Crippen LogP) is 3.34. The SMILES string of the molecule is Cc1nc(CN(C)Cc2ccc(CNC3CC3)cc2)cs1. The van der Waals surface area contributed by atoms with Crippen LogP contribution in [-0.2, 0) is 19.6 Å². The largest absolute Gasteiger partial charge is 0.310 e. The molecule has 0 spiro atoms. The van der Waals surface area contributed by atoms with Crippen LogP contribution in [0.4, 0.5) is 0 Å². The van der Waals surface area contributed by atoms with Gasteiger partial charge in [-0.25, -0.2) is 4.98 Å².